The van der Waals surface area contributed by atoms with Gasteiger partial charge in [0.05, 0.1) is 6.10 Å². The summed E-state index contributed by atoms with van der Waals surface area (Å²) < 4.78 is 12.9. The summed E-state index contributed by atoms with van der Waals surface area (Å²) in [7, 11) is 0. The van der Waals surface area contributed by atoms with Gasteiger partial charge in [0, 0.05) is 17.5 Å². The second-order valence-electron chi connectivity index (χ2n) is 4.39. The smallest absolute Gasteiger partial charge is 0.123 e. The van der Waals surface area contributed by atoms with Gasteiger partial charge in [-0.3, -0.25) is 0 Å². The number of rotatable bonds is 4. The highest BCUT2D eigenvalue weighted by molar-refractivity contribution is 6.30. The third kappa shape index (κ3) is 3.32. The second kappa shape index (κ2) is 6.15. The van der Waals surface area contributed by atoms with Gasteiger partial charge in [0.15, 0.2) is 0 Å². The number of aliphatic hydroxyl groups is 1. The zero-order valence-corrected chi connectivity index (χ0v) is 11.0. The van der Waals surface area contributed by atoms with Gasteiger partial charge in [0.1, 0.15) is 5.82 Å². The largest absolute Gasteiger partial charge is 0.388 e. The Balaban J connectivity index is 2.28. The zero-order chi connectivity index (χ0) is 13.8. The monoisotopic (exact) mass is 279 g/mol. The molecule has 0 saturated carbocycles. The molecule has 19 heavy (non-hydrogen) atoms. The summed E-state index contributed by atoms with van der Waals surface area (Å²) in [5.41, 5.74) is 7.24. The minimum Gasteiger partial charge on any atom is -0.388 e. The maximum absolute atomic E-state index is 12.9. The van der Waals surface area contributed by atoms with Crippen LogP contribution >= 0.6 is 11.6 Å². The minimum atomic E-state index is -0.769. The topological polar surface area (TPSA) is 46.2 Å². The Labute approximate surface area is 116 Å². The van der Waals surface area contributed by atoms with Crippen LogP contribution in [0.25, 0.3) is 0 Å². The van der Waals surface area contributed by atoms with Crippen LogP contribution in [-0.2, 0) is 0 Å². The van der Waals surface area contributed by atoms with Crippen molar-refractivity contribution in [1.82, 2.24) is 0 Å². The van der Waals surface area contributed by atoms with E-state index in [2.05, 4.69) is 0 Å². The average Bonchev–Trinajstić information content (AvgIpc) is 2.41. The van der Waals surface area contributed by atoms with E-state index in [1.165, 1.54) is 12.1 Å². The van der Waals surface area contributed by atoms with Crippen molar-refractivity contribution in [3.8, 4) is 0 Å². The van der Waals surface area contributed by atoms with E-state index in [1.807, 2.05) is 0 Å². The number of hydrogen-bond donors (Lipinski definition) is 2. The minimum absolute atomic E-state index is 0.263. The molecule has 0 aromatic heterocycles. The molecule has 3 N–H and O–H groups in total. The summed E-state index contributed by atoms with van der Waals surface area (Å²) in [6.07, 6.45) is -0.769. The SMILES string of the molecule is NCC(c1ccc(F)cc1)C(O)c1cccc(Cl)c1. The Morgan fingerprint density at radius 2 is 1.79 bits per heavy atom. The van der Waals surface area contributed by atoms with Gasteiger partial charge in [0.2, 0.25) is 0 Å². The fourth-order valence-electron chi connectivity index (χ4n) is 2.08. The van der Waals surface area contributed by atoms with E-state index in [0.29, 0.717) is 10.6 Å². The molecule has 2 aromatic rings. The predicted octanol–water partition coefficient (Wildman–Crippen LogP) is 3.26. The van der Waals surface area contributed by atoms with Crippen LogP contribution in [0.3, 0.4) is 0 Å². The molecule has 0 saturated heterocycles. The Morgan fingerprint density at radius 1 is 1.11 bits per heavy atom. The molecule has 0 amide bonds. The van der Waals surface area contributed by atoms with Gasteiger partial charge in [-0.2, -0.15) is 0 Å². The summed E-state index contributed by atoms with van der Waals surface area (Å²) in [5.74, 6) is -0.601. The first-order valence-electron chi connectivity index (χ1n) is 6.01. The number of hydrogen-bond acceptors (Lipinski definition) is 2. The Hall–Kier alpha value is -1.42. The van der Waals surface area contributed by atoms with Gasteiger partial charge in [0.25, 0.3) is 0 Å². The summed E-state index contributed by atoms with van der Waals surface area (Å²) >= 11 is 5.91. The van der Waals surface area contributed by atoms with Crippen molar-refractivity contribution in [1.29, 1.82) is 0 Å². The van der Waals surface area contributed by atoms with E-state index in [9.17, 15) is 9.50 Å². The molecule has 2 aromatic carbocycles. The van der Waals surface area contributed by atoms with Crippen LogP contribution in [0.4, 0.5) is 4.39 Å². The van der Waals surface area contributed by atoms with Crippen molar-refractivity contribution in [2.75, 3.05) is 6.54 Å². The van der Waals surface area contributed by atoms with Gasteiger partial charge in [-0.05, 0) is 35.4 Å². The summed E-state index contributed by atoms with van der Waals surface area (Å²) in [4.78, 5) is 0. The van der Waals surface area contributed by atoms with Crippen molar-refractivity contribution >= 4 is 11.6 Å². The standard InChI is InChI=1S/C15H15ClFNO/c16-12-3-1-2-11(8-12)15(19)14(9-18)10-4-6-13(17)7-5-10/h1-8,14-15,19H,9,18H2. The molecule has 100 valence electrons. The molecule has 2 rings (SSSR count). The Morgan fingerprint density at radius 3 is 2.37 bits per heavy atom. The first-order valence-corrected chi connectivity index (χ1v) is 6.38. The Bertz CT molecular complexity index is 544. The molecule has 0 aliphatic heterocycles. The molecule has 2 atom stereocenters. The normalized spacial score (nSPS) is 14.1. The third-order valence-corrected chi connectivity index (χ3v) is 3.36. The maximum Gasteiger partial charge on any atom is 0.123 e. The second-order valence-corrected chi connectivity index (χ2v) is 4.83. The lowest BCUT2D eigenvalue weighted by Gasteiger charge is -2.22. The summed E-state index contributed by atoms with van der Waals surface area (Å²) in [6.45, 7) is 0.263. The van der Waals surface area contributed by atoms with Gasteiger partial charge < -0.3 is 10.8 Å². The molecule has 2 nitrogen and oxygen atoms in total. The number of halogens is 2. The average molecular weight is 280 g/mol. The molecule has 0 bridgehead atoms. The lowest BCUT2D eigenvalue weighted by Crippen LogP contribution is -2.20. The molecule has 0 spiro atoms. The fourth-order valence-corrected chi connectivity index (χ4v) is 2.28. The molecule has 0 heterocycles. The van der Waals surface area contributed by atoms with Gasteiger partial charge in [-0.25, -0.2) is 4.39 Å². The maximum atomic E-state index is 12.9. The first-order chi connectivity index (χ1) is 9.11. The van der Waals surface area contributed by atoms with E-state index in [0.717, 1.165) is 5.56 Å². The summed E-state index contributed by atoms with van der Waals surface area (Å²) in [6, 6.07) is 13.0. The van der Waals surface area contributed by atoms with Gasteiger partial charge >= 0.3 is 0 Å². The quantitative estimate of drug-likeness (QED) is 0.902. The van der Waals surface area contributed by atoms with Gasteiger partial charge in [-0.1, -0.05) is 35.9 Å². The van der Waals surface area contributed by atoms with E-state index < -0.39 is 6.10 Å². The van der Waals surface area contributed by atoms with Crippen LogP contribution in [0.1, 0.15) is 23.1 Å². The van der Waals surface area contributed by atoms with Crippen LogP contribution in [0.15, 0.2) is 48.5 Å². The number of nitrogens with two attached hydrogens (primary N) is 1. The van der Waals surface area contributed by atoms with Crippen molar-refractivity contribution in [3.05, 3.63) is 70.5 Å². The van der Waals surface area contributed by atoms with Crippen LogP contribution in [-0.4, -0.2) is 11.7 Å². The van der Waals surface area contributed by atoms with Crippen LogP contribution < -0.4 is 5.73 Å². The first kappa shape index (κ1) is 14.0. The summed E-state index contributed by atoms with van der Waals surface area (Å²) in [5, 5.41) is 11.0. The molecular formula is C15H15ClFNO. The van der Waals surface area contributed by atoms with Crippen molar-refractivity contribution in [2.45, 2.75) is 12.0 Å². The van der Waals surface area contributed by atoms with E-state index in [1.54, 1.807) is 36.4 Å². The molecule has 4 heteroatoms. The highest BCUT2D eigenvalue weighted by Gasteiger charge is 2.21. The zero-order valence-electron chi connectivity index (χ0n) is 10.3. The lowest BCUT2D eigenvalue weighted by molar-refractivity contribution is 0.147. The van der Waals surface area contributed by atoms with Crippen molar-refractivity contribution in [2.24, 2.45) is 5.73 Å². The molecule has 0 aliphatic carbocycles. The van der Waals surface area contributed by atoms with Crippen LogP contribution in [0, 0.1) is 5.82 Å². The van der Waals surface area contributed by atoms with Crippen LogP contribution in [0.2, 0.25) is 5.02 Å². The van der Waals surface area contributed by atoms with Crippen molar-refractivity contribution < 1.29 is 9.50 Å². The predicted molar refractivity (Wildman–Crippen MR) is 74.6 cm³/mol. The van der Waals surface area contributed by atoms with E-state index in [4.69, 9.17) is 17.3 Å². The lowest BCUT2D eigenvalue weighted by atomic mass is 9.89. The fraction of sp³-hybridized carbons (Fsp3) is 0.200. The molecule has 0 aliphatic rings. The van der Waals surface area contributed by atoms with E-state index >= 15 is 0 Å². The molecular weight excluding hydrogens is 265 g/mol. The highest BCUT2D eigenvalue weighted by Crippen LogP contribution is 2.31. The van der Waals surface area contributed by atoms with E-state index in [-0.39, 0.29) is 18.3 Å². The van der Waals surface area contributed by atoms with Crippen molar-refractivity contribution in [3.63, 3.8) is 0 Å². The highest BCUT2D eigenvalue weighted by atomic mass is 35.5. The third-order valence-electron chi connectivity index (χ3n) is 3.12. The van der Waals surface area contributed by atoms with Gasteiger partial charge in [-0.15, -0.1) is 0 Å². The van der Waals surface area contributed by atoms with Crippen LogP contribution in [0.5, 0.6) is 0 Å². The number of aliphatic hydroxyl groups excluding tert-OH is 1. The number of benzene rings is 2. The molecule has 0 radical (unpaired) electrons. The Kier molecular flexibility index (Phi) is 4.53. The molecule has 2 unspecified atom stereocenters. The molecule has 0 fully saturated rings.